The number of hydrogen-bond donors (Lipinski definition) is 2. The number of carbonyl (C=O) groups is 1. The van der Waals surface area contributed by atoms with Gasteiger partial charge >= 0.3 is 5.69 Å². The zero-order chi connectivity index (χ0) is 18.5. The van der Waals surface area contributed by atoms with Crippen LogP contribution in [0.5, 0.6) is 0 Å². The second kappa shape index (κ2) is 7.83. The highest BCUT2D eigenvalue weighted by Crippen LogP contribution is 2.19. The van der Waals surface area contributed by atoms with Gasteiger partial charge in [0, 0.05) is 23.0 Å². The first-order valence-electron chi connectivity index (χ1n) is 7.76. The Kier molecular flexibility index (Phi) is 5.33. The van der Waals surface area contributed by atoms with Gasteiger partial charge in [0.1, 0.15) is 5.56 Å². The Labute approximate surface area is 153 Å². The lowest BCUT2D eigenvalue weighted by molar-refractivity contribution is 0.102. The second-order valence-electron chi connectivity index (χ2n) is 5.41. The molecule has 0 radical (unpaired) electrons. The molecule has 3 aromatic rings. The molecule has 0 aliphatic heterocycles. The molecule has 0 spiro atoms. The van der Waals surface area contributed by atoms with Crippen LogP contribution in [-0.2, 0) is 6.54 Å². The molecular formula is C18H16N4O3S. The Morgan fingerprint density at radius 3 is 2.81 bits per heavy atom. The van der Waals surface area contributed by atoms with E-state index in [2.05, 4.69) is 15.3 Å². The van der Waals surface area contributed by atoms with E-state index in [1.54, 1.807) is 48.3 Å². The number of hydrogen-bond acceptors (Lipinski definition) is 5. The summed E-state index contributed by atoms with van der Waals surface area (Å²) < 4.78 is 0.954. The molecule has 0 aliphatic rings. The Bertz CT molecular complexity index is 1040. The van der Waals surface area contributed by atoms with Gasteiger partial charge in [0.2, 0.25) is 0 Å². The van der Waals surface area contributed by atoms with Crippen LogP contribution in [0.4, 0.5) is 5.69 Å². The summed E-state index contributed by atoms with van der Waals surface area (Å²) in [5.41, 5.74) is -0.288. The third-order valence-corrected chi connectivity index (χ3v) is 4.40. The minimum absolute atomic E-state index is 0.0158. The average Bonchev–Trinajstić information content (AvgIpc) is 2.66. The lowest BCUT2D eigenvalue weighted by Gasteiger charge is -2.08. The van der Waals surface area contributed by atoms with Crippen molar-refractivity contribution in [3.8, 4) is 0 Å². The summed E-state index contributed by atoms with van der Waals surface area (Å²) in [7, 11) is 0. The fraction of sp³-hybridized carbons (Fsp3) is 0.111. The third-order valence-electron chi connectivity index (χ3n) is 3.68. The van der Waals surface area contributed by atoms with Crippen molar-refractivity contribution in [3.05, 3.63) is 87.0 Å². The maximum absolute atomic E-state index is 12.6. The van der Waals surface area contributed by atoms with E-state index in [4.69, 9.17) is 0 Å². The molecule has 0 bridgehead atoms. The fourth-order valence-electron chi connectivity index (χ4n) is 2.37. The molecule has 0 fully saturated rings. The monoisotopic (exact) mass is 368 g/mol. The number of H-pyrrole nitrogens is 1. The van der Waals surface area contributed by atoms with Crippen LogP contribution in [0.25, 0.3) is 0 Å². The SMILES string of the molecule is CSc1cccc(NC(=O)c2c[nH]c(=O)n(Cc3ccccn3)c2=O)c1. The molecule has 1 aromatic carbocycles. The number of pyridine rings is 1. The summed E-state index contributed by atoms with van der Waals surface area (Å²) in [4.78, 5) is 44.6. The number of aromatic nitrogens is 3. The number of nitrogens with one attached hydrogen (secondary N) is 2. The van der Waals surface area contributed by atoms with Crippen LogP contribution in [0.3, 0.4) is 0 Å². The lowest BCUT2D eigenvalue weighted by atomic mass is 10.2. The quantitative estimate of drug-likeness (QED) is 0.671. The van der Waals surface area contributed by atoms with E-state index in [-0.39, 0.29) is 12.1 Å². The number of rotatable bonds is 5. The van der Waals surface area contributed by atoms with Crippen LogP contribution in [0.2, 0.25) is 0 Å². The van der Waals surface area contributed by atoms with Gasteiger partial charge in [-0.1, -0.05) is 12.1 Å². The molecule has 8 heteroatoms. The first-order chi connectivity index (χ1) is 12.6. The van der Waals surface area contributed by atoms with E-state index in [0.717, 1.165) is 15.7 Å². The van der Waals surface area contributed by atoms with Gasteiger partial charge in [0.05, 0.1) is 12.2 Å². The third kappa shape index (κ3) is 3.92. The van der Waals surface area contributed by atoms with Crippen molar-refractivity contribution in [2.24, 2.45) is 0 Å². The zero-order valence-corrected chi connectivity index (χ0v) is 14.7. The molecular weight excluding hydrogens is 352 g/mol. The predicted molar refractivity (Wildman–Crippen MR) is 101 cm³/mol. The number of amides is 1. The van der Waals surface area contributed by atoms with Crippen molar-refractivity contribution in [1.82, 2.24) is 14.5 Å². The number of carbonyl (C=O) groups excluding carboxylic acids is 1. The molecule has 0 saturated heterocycles. The molecule has 2 aromatic heterocycles. The highest BCUT2D eigenvalue weighted by Gasteiger charge is 2.15. The highest BCUT2D eigenvalue weighted by atomic mass is 32.2. The Balaban J connectivity index is 1.90. The Hall–Kier alpha value is -3.13. The molecule has 132 valence electrons. The number of benzene rings is 1. The van der Waals surface area contributed by atoms with Gasteiger partial charge in [0.15, 0.2) is 0 Å². The van der Waals surface area contributed by atoms with Gasteiger partial charge in [0.25, 0.3) is 11.5 Å². The first-order valence-corrected chi connectivity index (χ1v) is 8.99. The topological polar surface area (TPSA) is 96.8 Å². The summed E-state index contributed by atoms with van der Waals surface area (Å²) in [5.74, 6) is -0.584. The fourth-order valence-corrected chi connectivity index (χ4v) is 2.83. The van der Waals surface area contributed by atoms with Gasteiger partial charge in [-0.2, -0.15) is 0 Å². The van der Waals surface area contributed by atoms with Crippen LogP contribution in [0.15, 0.2) is 69.3 Å². The molecule has 2 heterocycles. The van der Waals surface area contributed by atoms with Gasteiger partial charge < -0.3 is 10.3 Å². The maximum Gasteiger partial charge on any atom is 0.328 e. The van der Waals surface area contributed by atoms with Crippen molar-refractivity contribution in [3.63, 3.8) is 0 Å². The normalized spacial score (nSPS) is 10.5. The van der Waals surface area contributed by atoms with E-state index in [9.17, 15) is 14.4 Å². The Morgan fingerprint density at radius 2 is 2.08 bits per heavy atom. The highest BCUT2D eigenvalue weighted by molar-refractivity contribution is 7.98. The minimum atomic E-state index is -0.669. The lowest BCUT2D eigenvalue weighted by Crippen LogP contribution is -2.39. The summed E-state index contributed by atoms with van der Waals surface area (Å²) in [6.45, 7) is -0.0158. The largest absolute Gasteiger partial charge is 0.328 e. The van der Waals surface area contributed by atoms with Crippen molar-refractivity contribution < 1.29 is 4.79 Å². The van der Waals surface area contributed by atoms with Gasteiger partial charge in [-0.05, 0) is 36.6 Å². The molecule has 7 nitrogen and oxygen atoms in total. The smallest absolute Gasteiger partial charge is 0.322 e. The molecule has 2 N–H and O–H groups in total. The average molecular weight is 368 g/mol. The van der Waals surface area contributed by atoms with E-state index in [1.807, 2.05) is 18.4 Å². The molecule has 0 atom stereocenters. The molecule has 0 unspecified atom stereocenters. The van der Waals surface area contributed by atoms with Crippen LogP contribution >= 0.6 is 11.8 Å². The summed E-state index contributed by atoms with van der Waals surface area (Å²) >= 11 is 1.54. The van der Waals surface area contributed by atoms with Crippen LogP contribution in [0.1, 0.15) is 16.1 Å². The first kappa shape index (κ1) is 17.7. The second-order valence-corrected chi connectivity index (χ2v) is 6.29. The van der Waals surface area contributed by atoms with Crippen LogP contribution < -0.4 is 16.6 Å². The Morgan fingerprint density at radius 1 is 1.23 bits per heavy atom. The van der Waals surface area contributed by atoms with Crippen LogP contribution in [-0.4, -0.2) is 26.7 Å². The van der Waals surface area contributed by atoms with Crippen molar-refractivity contribution in [2.75, 3.05) is 11.6 Å². The summed E-state index contributed by atoms with van der Waals surface area (Å²) in [6, 6.07) is 12.5. The molecule has 1 amide bonds. The summed E-state index contributed by atoms with van der Waals surface area (Å²) in [6.07, 6.45) is 4.64. The summed E-state index contributed by atoms with van der Waals surface area (Å²) in [5, 5.41) is 2.68. The molecule has 26 heavy (non-hydrogen) atoms. The molecule has 3 rings (SSSR count). The maximum atomic E-state index is 12.6. The van der Waals surface area contributed by atoms with Gasteiger partial charge in [-0.15, -0.1) is 11.8 Å². The standard InChI is InChI=1S/C18H16N4O3S/c1-26-14-7-4-6-12(9-14)21-16(23)15-10-20-18(25)22(17(15)24)11-13-5-2-3-8-19-13/h2-10H,11H2,1H3,(H,20,25)(H,21,23). The van der Waals surface area contributed by atoms with Gasteiger partial charge in [-0.3, -0.25) is 19.1 Å². The van der Waals surface area contributed by atoms with Crippen LogP contribution in [0, 0.1) is 0 Å². The van der Waals surface area contributed by atoms with Crippen molar-refractivity contribution in [2.45, 2.75) is 11.4 Å². The van der Waals surface area contributed by atoms with Crippen molar-refractivity contribution in [1.29, 1.82) is 0 Å². The minimum Gasteiger partial charge on any atom is -0.322 e. The molecule has 0 saturated carbocycles. The van der Waals surface area contributed by atoms with Crippen molar-refractivity contribution >= 4 is 23.4 Å². The van der Waals surface area contributed by atoms with Gasteiger partial charge in [-0.25, -0.2) is 4.79 Å². The number of anilines is 1. The number of nitrogens with zero attached hydrogens (tertiary/aromatic N) is 2. The predicted octanol–water partition coefficient (Wildman–Crippen LogP) is 1.95. The molecule has 0 aliphatic carbocycles. The van der Waals surface area contributed by atoms with E-state index >= 15 is 0 Å². The number of aromatic amines is 1. The van der Waals surface area contributed by atoms with E-state index < -0.39 is 17.2 Å². The zero-order valence-electron chi connectivity index (χ0n) is 13.9. The number of thioether (sulfide) groups is 1. The van der Waals surface area contributed by atoms with E-state index in [0.29, 0.717) is 11.4 Å². The van der Waals surface area contributed by atoms with E-state index in [1.165, 1.54) is 0 Å².